The number of para-hydroxylation sites is 1. The number of phenols is 1. The van der Waals surface area contributed by atoms with E-state index in [9.17, 15) is 9.90 Å². The Bertz CT molecular complexity index is 689. The summed E-state index contributed by atoms with van der Waals surface area (Å²) in [4.78, 5) is 12.1. The standard InChI is InChI=1S/C17H18ClN3O2/c1-2-15(20-14-6-4-3-5-7-14)17(23)21-19-11-12-10-13(18)8-9-16(12)22/h3-11,15,20,22H,2H2,1H3,(H,21,23)/b19-11+/t15-/m0/s1. The van der Waals surface area contributed by atoms with Crippen molar-refractivity contribution in [2.24, 2.45) is 5.10 Å². The Labute approximate surface area is 140 Å². The first-order chi connectivity index (χ1) is 11.1. The van der Waals surface area contributed by atoms with Crippen LogP contribution in [0.4, 0.5) is 5.69 Å². The third-order valence-corrected chi connectivity index (χ3v) is 3.44. The van der Waals surface area contributed by atoms with Gasteiger partial charge in [-0.05, 0) is 36.8 Å². The van der Waals surface area contributed by atoms with Crippen molar-refractivity contribution in [3.05, 3.63) is 59.1 Å². The van der Waals surface area contributed by atoms with Crippen molar-refractivity contribution >= 4 is 29.4 Å². The fraction of sp³-hybridized carbons (Fsp3) is 0.176. The molecule has 1 amide bonds. The van der Waals surface area contributed by atoms with Gasteiger partial charge in [0.15, 0.2) is 0 Å². The third kappa shape index (κ3) is 5.00. The first kappa shape index (κ1) is 16.8. The molecule has 2 rings (SSSR count). The van der Waals surface area contributed by atoms with Crippen LogP contribution in [0.3, 0.4) is 0 Å². The van der Waals surface area contributed by atoms with Crippen molar-refractivity contribution in [3.8, 4) is 5.75 Å². The number of phenolic OH excluding ortho intramolecular Hbond substituents is 1. The van der Waals surface area contributed by atoms with Crippen LogP contribution in [0.25, 0.3) is 0 Å². The number of hydrogen-bond donors (Lipinski definition) is 3. The predicted molar refractivity (Wildman–Crippen MR) is 93.0 cm³/mol. The van der Waals surface area contributed by atoms with Crippen molar-refractivity contribution in [1.82, 2.24) is 5.43 Å². The van der Waals surface area contributed by atoms with Gasteiger partial charge in [-0.2, -0.15) is 5.10 Å². The molecule has 0 saturated carbocycles. The van der Waals surface area contributed by atoms with Gasteiger partial charge in [-0.25, -0.2) is 5.43 Å². The number of amides is 1. The highest BCUT2D eigenvalue weighted by Gasteiger charge is 2.15. The van der Waals surface area contributed by atoms with Gasteiger partial charge in [0, 0.05) is 16.3 Å². The van der Waals surface area contributed by atoms with Crippen molar-refractivity contribution in [3.63, 3.8) is 0 Å². The second kappa shape index (κ2) is 8.19. The van der Waals surface area contributed by atoms with Gasteiger partial charge in [-0.15, -0.1) is 0 Å². The smallest absolute Gasteiger partial charge is 0.262 e. The molecule has 120 valence electrons. The SMILES string of the molecule is CC[C@H](Nc1ccccc1)C(=O)N/N=C/c1cc(Cl)ccc1O. The van der Waals surface area contributed by atoms with E-state index in [-0.39, 0.29) is 11.7 Å². The number of anilines is 1. The molecule has 0 saturated heterocycles. The minimum Gasteiger partial charge on any atom is -0.507 e. The van der Waals surface area contributed by atoms with E-state index in [4.69, 9.17) is 11.6 Å². The van der Waals surface area contributed by atoms with Crippen molar-refractivity contribution in [1.29, 1.82) is 0 Å². The Balaban J connectivity index is 1.97. The zero-order valence-electron chi connectivity index (χ0n) is 12.7. The van der Waals surface area contributed by atoms with E-state index in [0.717, 1.165) is 5.69 Å². The van der Waals surface area contributed by atoms with E-state index in [1.807, 2.05) is 37.3 Å². The summed E-state index contributed by atoms with van der Waals surface area (Å²) in [6, 6.07) is 13.7. The number of carbonyl (C=O) groups excluding carboxylic acids is 1. The van der Waals surface area contributed by atoms with E-state index in [1.165, 1.54) is 12.3 Å². The molecule has 0 bridgehead atoms. The zero-order valence-corrected chi connectivity index (χ0v) is 13.4. The van der Waals surface area contributed by atoms with E-state index in [2.05, 4.69) is 15.8 Å². The number of nitrogens with one attached hydrogen (secondary N) is 2. The average Bonchev–Trinajstić information content (AvgIpc) is 2.56. The van der Waals surface area contributed by atoms with Gasteiger partial charge in [0.25, 0.3) is 5.91 Å². The highest BCUT2D eigenvalue weighted by molar-refractivity contribution is 6.30. The summed E-state index contributed by atoms with van der Waals surface area (Å²) in [7, 11) is 0. The molecule has 5 nitrogen and oxygen atoms in total. The number of nitrogens with zero attached hydrogens (tertiary/aromatic N) is 1. The van der Waals surface area contributed by atoms with Gasteiger partial charge < -0.3 is 10.4 Å². The highest BCUT2D eigenvalue weighted by Crippen LogP contribution is 2.19. The van der Waals surface area contributed by atoms with E-state index >= 15 is 0 Å². The van der Waals surface area contributed by atoms with Crippen LogP contribution in [-0.4, -0.2) is 23.3 Å². The van der Waals surface area contributed by atoms with Crippen molar-refractivity contribution in [2.45, 2.75) is 19.4 Å². The molecular weight excluding hydrogens is 314 g/mol. The van der Waals surface area contributed by atoms with Crippen LogP contribution in [0.5, 0.6) is 5.75 Å². The van der Waals surface area contributed by atoms with E-state index in [0.29, 0.717) is 17.0 Å². The van der Waals surface area contributed by atoms with Crippen LogP contribution in [0, 0.1) is 0 Å². The summed E-state index contributed by atoms with van der Waals surface area (Å²) in [5.41, 5.74) is 3.76. The Morgan fingerprint density at radius 3 is 2.74 bits per heavy atom. The van der Waals surface area contributed by atoms with Gasteiger partial charge >= 0.3 is 0 Å². The first-order valence-electron chi connectivity index (χ1n) is 7.23. The van der Waals surface area contributed by atoms with Crippen LogP contribution in [0.15, 0.2) is 53.6 Å². The lowest BCUT2D eigenvalue weighted by atomic mass is 10.2. The summed E-state index contributed by atoms with van der Waals surface area (Å²) in [5, 5.41) is 17.2. The lowest BCUT2D eigenvalue weighted by Gasteiger charge is -2.16. The lowest BCUT2D eigenvalue weighted by Crippen LogP contribution is -2.36. The largest absolute Gasteiger partial charge is 0.507 e. The van der Waals surface area contributed by atoms with Gasteiger partial charge in [0.2, 0.25) is 0 Å². The Hall–Kier alpha value is -2.53. The van der Waals surface area contributed by atoms with Crippen LogP contribution < -0.4 is 10.7 Å². The van der Waals surface area contributed by atoms with Crippen molar-refractivity contribution in [2.75, 3.05) is 5.32 Å². The maximum absolute atomic E-state index is 12.1. The molecule has 0 aliphatic heterocycles. The number of benzene rings is 2. The summed E-state index contributed by atoms with van der Waals surface area (Å²) in [6.07, 6.45) is 1.97. The zero-order chi connectivity index (χ0) is 16.7. The highest BCUT2D eigenvalue weighted by atomic mass is 35.5. The molecule has 3 N–H and O–H groups in total. The number of hydrazone groups is 1. The summed E-state index contributed by atoms with van der Waals surface area (Å²) in [5.74, 6) is -0.212. The summed E-state index contributed by atoms with van der Waals surface area (Å²) in [6.45, 7) is 1.91. The molecule has 0 heterocycles. The number of rotatable bonds is 6. The second-order valence-electron chi connectivity index (χ2n) is 4.91. The monoisotopic (exact) mass is 331 g/mol. The number of hydrogen-bond acceptors (Lipinski definition) is 4. The molecule has 0 spiro atoms. The Morgan fingerprint density at radius 2 is 2.04 bits per heavy atom. The molecule has 0 fully saturated rings. The van der Waals surface area contributed by atoms with Crippen LogP contribution in [0.2, 0.25) is 5.02 Å². The molecule has 6 heteroatoms. The van der Waals surface area contributed by atoms with E-state index < -0.39 is 6.04 Å². The predicted octanol–water partition coefficient (Wildman–Crippen LogP) is 3.39. The minimum absolute atomic E-state index is 0.0434. The third-order valence-electron chi connectivity index (χ3n) is 3.21. The lowest BCUT2D eigenvalue weighted by molar-refractivity contribution is -0.121. The Kier molecular flexibility index (Phi) is 6.00. The maximum atomic E-state index is 12.1. The first-order valence-corrected chi connectivity index (χ1v) is 7.61. The van der Waals surface area contributed by atoms with Crippen LogP contribution in [0.1, 0.15) is 18.9 Å². The minimum atomic E-state index is -0.400. The average molecular weight is 332 g/mol. The maximum Gasteiger partial charge on any atom is 0.262 e. The van der Waals surface area contributed by atoms with Gasteiger partial charge in [-0.3, -0.25) is 4.79 Å². The molecule has 0 aliphatic rings. The number of aromatic hydroxyl groups is 1. The van der Waals surface area contributed by atoms with E-state index in [1.54, 1.807) is 12.1 Å². The molecule has 0 radical (unpaired) electrons. The molecule has 23 heavy (non-hydrogen) atoms. The van der Waals surface area contributed by atoms with Crippen molar-refractivity contribution < 1.29 is 9.90 Å². The van der Waals surface area contributed by atoms with Crippen LogP contribution in [-0.2, 0) is 4.79 Å². The molecule has 2 aromatic carbocycles. The molecule has 0 unspecified atom stereocenters. The normalized spacial score (nSPS) is 12.1. The molecule has 2 aromatic rings. The fourth-order valence-corrected chi connectivity index (χ4v) is 2.14. The summed E-state index contributed by atoms with van der Waals surface area (Å²) >= 11 is 5.85. The van der Waals surface area contributed by atoms with Gasteiger partial charge in [0.1, 0.15) is 11.8 Å². The quantitative estimate of drug-likeness (QED) is 0.561. The molecule has 0 aromatic heterocycles. The summed E-state index contributed by atoms with van der Waals surface area (Å²) < 4.78 is 0. The Morgan fingerprint density at radius 1 is 1.30 bits per heavy atom. The second-order valence-corrected chi connectivity index (χ2v) is 5.35. The number of carbonyl (C=O) groups is 1. The molecule has 1 atom stereocenters. The fourth-order valence-electron chi connectivity index (χ4n) is 1.96. The number of halogens is 1. The van der Waals surface area contributed by atoms with Gasteiger partial charge in [-0.1, -0.05) is 36.7 Å². The van der Waals surface area contributed by atoms with Crippen LogP contribution >= 0.6 is 11.6 Å². The topological polar surface area (TPSA) is 73.7 Å². The molecular formula is C17H18ClN3O2. The van der Waals surface area contributed by atoms with Gasteiger partial charge in [0.05, 0.1) is 6.21 Å². The molecule has 0 aliphatic carbocycles.